The van der Waals surface area contributed by atoms with E-state index < -0.39 is 5.97 Å². The Balaban J connectivity index is 1.91. The summed E-state index contributed by atoms with van der Waals surface area (Å²) >= 11 is 0. The highest BCUT2D eigenvalue weighted by Gasteiger charge is 2.03. The second-order valence-electron chi connectivity index (χ2n) is 5.09. The van der Waals surface area contributed by atoms with Crippen molar-refractivity contribution in [2.24, 2.45) is 0 Å². The van der Waals surface area contributed by atoms with Gasteiger partial charge in [0.2, 0.25) is 5.91 Å². The van der Waals surface area contributed by atoms with E-state index in [1.54, 1.807) is 36.7 Å². The highest BCUT2D eigenvalue weighted by atomic mass is 17.2. The molecule has 124 valence electrons. The number of aromatic nitrogens is 1. The Labute approximate surface area is 140 Å². The molecular formula is C18H18N2O4. The Morgan fingerprint density at radius 1 is 1.17 bits per heavy atom. The van der Waals surface area contributed by atoms with Crippen molar-refractivity contribution in [3.05, 3.63) is 66.0 Å². The molecule has 1 aromatic heterocycles. The number of pyridine rings is 1. The van der Waals surface area contributed by atoms with Gasteiger partial charge in [-0.3, -0.25) is 19.6 Å². The van der Waals surface area contributed by atoms with Crippen molar-refractivity contribution in [1.82, 2.24) is 10.3 Å². The first kappa shape index (κ1) is 17.2. The van der Waals surface area contributed by atoms with Crippen LogP contribution in [0.5, 0.6) is 5.75 Å². The number of amides is 1. The summed E-state index contributed by atoms with van der Waals surface area (Å²) in [5.74, 6) is -0.306. The molecule has 0 aliphatic carbocycles. The minimum absolute atomic E-state index is 0.184. The van der Waals surface area contributed by atoms with Crippen molar-refractivity contribution in [2.45, 2.75) is 20.4 Å². The zero-order valence-corrected chi connectivity index (χ0v) is 13.5. The van der Waals surface area contributed by atoms with Crippen LogP contribution in [0.1, 0.15) is 25.0 Å². The van der Waals surface area contributed by atoms with E-state index in [4.69, 9.17) is 4.89 Å². The van der Waals surface area contributed by atoms with Crippen LogP contribution in [0.15, 0.2) is 54.9 Å². The summed E-state index contributed by atoms with van der Waals surface area (Å²) in [7, 11) is 0. The fourth-order valence-electron chi connectivity index (χ4n) is 1.90. The van der Waals surface area contributed by atoms with Crippen molar-refractivity contribution in [1.29, 1.82) is 0 Å². The Bertz CT molecular complexity index is 724. The van der Waals surface area contributed by atoms with Crippen LogP contribution in [0, 0.1) is 0 Å². The average Bonchev–Trinajstić information content (AvgIpc) is 2.59. The molecule has 1 heterocycles. The molecule has 0 unspecified atom stereocenters. The van der Waals surface area contributed by atoms with Gasteiger partial charge in [-0.15, -0.1) is 0 Å². The molecule has 6 heteroatoms. The van der Waals surface area contributed by atoms with E-state index in [1.165, 1.54) is 13.0 Å². The number of hydrogen-bond acceptors (Lipinski definition) is 5. The smallest absolute Gasteiger partial charge is 0.348 e. The summed E-state index contributed by atoms with van der Waals surface area (Å²) in [6, 6.07) is 10.6. The van der Waals surface area contributed by atoms with Crippen LogP contribution in [-0.4, -0.2) is 16.9 Å². The molecule has 0 spiro atoms. The van der Waals surface area contributed by atoms with Crippen LogP contribution in [0.25, 0.3) is 5.57 Å². The minimum atomic E-state index is -0.527. The Morgan fingerprint density at radius 2 is 1.92 bits per heavy atom. The first-order valence-electron chi connectivity index (χ1n) is 7.35. The maximum atomic E-state index is 12.0. The number of nitrogens with one attached hydrogen (secondary N) is 1. The fourth-order valence-corrected chi connectivity index (χ4v) is 1.90. The maximum absolute atomic E-state index is 12.0. The molecule has 1 aromatic carbocycles. The van der Waals surface area contributed by atoms with E-state index in [0.29, 0.717) is 12.3 Å². The highest BCUT2D eigenvalue weighted by molar-refractivity contribution is 5.94. The predicted molar refractivity (Wildman–Crippen MR) is 88.6 cm³/mol. The molecule has 0 saturated carbocycles. The Kier molecular flexibility index (Phi) is 6.08. The SMILES string of the molecule is CC(=O)OOc1ccc(C(C)=CC(=O)NCc2cccnc2)cc1. The van der Waals surface area contributed by atoms with E-state index in [9.17, 15) is 9.59 Å². The topological polar surface area (TPSA) is 77.5 Å². The van der Waals surface area contributed by atoms with Gasteiger partial charge in [-0.25, -0.2) is 4.79 Å². The monoisotopic (exact) mass is 326 g/mol. The Hall–Kier alpha value is -3.15. The third kappa shape index (κ3) is 5.57. The van der Waals surface area contributed by atoms with Gasteiger partial charge in [0.25, 0.3) is 0 Å². The molecule has 0 atom stereocenters. The van der Waals surface area contributed by atoms with Gasteiger partial charge < -0.3 is 5.32 Å². The first-order valence-corrected chi connectivity index (χ1v) is 7.35. The lowest BCUT2D eigenvalue weighted by Crippen LogP contribution is -2.20. The molecular weight excluding hydrogens is 308 g/mol. The number of carbonyl (C=O) groups excluding carboxylic acids is 2. The number of nitrogens with zero attached hydrogens (tertiary/aromatic N) is 1. The summed E-state index contributed by atoms with van der Waals surface area (Å²) in [5, 5.41) is 2.81. The molecule has 2 aromatic rings. The van der Waals surface area contributed by atoms with Crippen LogP contribution in [0.3, 0.4) is 0 Å². The van der Waals surface area contributed by atoms with Gasteiger partial charge in [-0.2, -0.15) is 0 Å². The van der Waals surface area contributed by atoms with Crippen molar-refractivity contribution in [3.63, 3.8) is 0 Å². The number of allylic oxidation sites excluding steroid dienone is 1. The van der Waals surface area contributed by atoms with Gasteiger partial charge in [-0.05, 0) is 41.8 Å². The van der Waals surface area contributed by atoms with Crippen molar-refractivity contribution in [3.8, 4) is 5.75 Å². The van der Waals surface area contributed by atoms with Gasteiger partial charge >= 0.3 is 5.97 Å². The van der Waals surface area contributed by atoms with Gasteiger partial charge in [0.05, 0.1) is 0 Å². The lowest BCUT2D eigenvalue weighted by Gasteiger charge is -2.06. The first-order chi connectivity index (χ1) is 11.5. The van der Waals surface area contributed by atoms with Crippen LogP contribution >= 0.6 is 0 Å². The third-order valence-corrected chi connectivity index (χ3v) is 3.10. The molecule has 0 saturated heterocycles. The molecule has 24 heavy (non-hydrogen) atoms. The minimum Gasteiger partial charge on any atom is -0.348 e. The molecule has 1 amide bonds. The largest absolute Gasteiger partial charge is 0.352 e. The van der Waals surface area contributed by atoms with E-state index in [0.717, 1.165) is 16.7 Å². The van der Waals surface area contributed by atoms with Gasteiger partial charge in [0, 0.05) is 31.9 Å². The van der Waals surface area contributed by atoms with Crippen LogP contribution in [-0.2, 0) is 21.0 Å². The molecule has 0 fully saturated rings. The lowest BCUT2D eigenvalue weighted by atomic mass is 10.1. The number of rotatable bonds is 6. The summed E-state index contributed by atoms with van der Waals surface area (Å²) < 4.78 is 0. The van der Waals surface area contributed by atoms with Gasteiger partial charge in [-0.1, -0.05) is 18.2 Å². The summed E-state index contributed by atoms with van der Waals surface area (Å²) in [6.07, 6.45) is 4.92. The normalized spacial score (nSPS) is 10.8. The zero-order chi connectivity index (χ0) is 17.4. The van der Waals surface area contributed by atoms with Gasteiger partial charge in [0.1, 0.15) is 0 Å². The summed E-state index contributed by atoms with van der Waals surface area (Å²) in [6.45, 7) is 3.52. The van der Waals surface area contributed by atoms with Crippen molar-refractivity contribution in [2.75, 3.05) is 0 Å². The molecule has 6 nitrogen and oxygen atoms in total. The van der Waals surface area contributed by atoms with Crippen LogP contribution in [0.4, 0.5) is 0 Å². The summed E-state index contributed by atoms with van der Waals surface area (Å²) in [4.78, 5) is 35.9. The van der Waals surface area contributed by atoms with Crippen LogP contribution in [0.2, 0.25) is 0 Å². The second-order valence-corrected chi connectivity index (χ2v) is 5.09. The second kappa shape index (κ2) is 8.47. The van der Waals surface area contributed by atoms with Crippen LogP contribution < -0.4 is 10.2 Å². The number of hydrogen-bond donors (Lipinski definition) is 1. The maximum Gasteiger partial charge on any atom is 0.352 e. The van der Waals surface area contributed by atoms with E-state index in [1.807, 2.05) is 19.1 Å². The quantitative estimate of drug-likeness (QED) is 0.502. The molecule has 0 radical (unpaired) electrons. The number of carbonyl (C=O) groups is 2. The van der Waals surface area contributed by atoms with Crippen molar-refractivity contribution < 1.29 is 19.4 Å². The summed E-state index contributed by atoms with van der Waals surface area (Å²) in [5.41, 5.74) is 2.60. The standard InChI is InChI=1S/C18H18N2O4/c1-13(10-18(22)20-12-15-4-3-9-19-11-15)16-5-7-17(8-6-16)24-23-14(2)21/h3-11H,12H2,1-2H3,(H,20,22). The molecule has 0 bridgehead atoms. The van der Waals surface area contributed by atoms with E-state index in [2.05, 4.69) is 15.2 Å². The molecule has 1 N–H and O–H groups in total. The molecule has 2 rings (SSSR count). The molecule has 0 aliphatic rings. The van der Waals surface area contributed by atoms with Gasteiger partial charge in [0.15, 0.2) is 5.75 Å². The average molecular weight is 326 g/mol. The fraction of sp³-hybridized carbons (Fsp3) is 0.167. The van der Waals surface area contributed by atoms with E-state index in [-0.39, 0.29) is 5.91 Å². The highest BCUT2D eigenvalue weighted by Crippen LogP contribution is 2.18. The van der Waals surface area contributed by atoms with Crippen molar-refractivity contribution >= 4 is 17.4 Å². The lowest BCUT2D eigenvalue weighted by molar-refractivity contribution is -0.210. The molecule has 0 aliphatic heterocycles. The Morgan fingerprint density at radius 3 is 2.54 bits per heavy atom. The third-order valence-electron chi connectivity index (χ3n) is 3.10. The predicted octanol–water partition coefficient (Wildman–Crippen LogP) is 2.66. The number of benzene rings is 1. The van der Waals surface area contributed by atoms with E-state index >= 15 is 0 Å². The zero-order valence-electron chi connectivity index (χ0n) is 13.5.